The van der Waals surface area contributed by atoms with Crippen LogP contribution in [0.5, 0.6) is 5.75 Å². The molecule has 0 bridgehead atoms. The van der Waals surface area contributed by atoms with Gasteiger partial charge in [-0.1, -0.05) is 18.2 Å². The molecule has 0 amide bonds. The number of nitro groups is 1. The van der Waals surface area contributed by atoms with Crippen molar-refractivity contribution in [2.24, 2.45) is 10.9 Å². The molecule has 0 radical (unpaired) electrons. The van der Waals surface area contributed by atoms with E-state index in [-0.39, 0.29) is 47.3 Å². The van der Waals surface area contributed by atoms with Crippen molar-refractivity contribution in [3.8, 4) is 5.75 Å². The van der Waals surface area contributed by atoms with Crippen molar-refractivity contribution >= 4 is 35.6 Å². The minimum absolute atomic E-state index is 0. The molecule has 1 fully saturated rings. The van der Waals surface area contributed by atoms with Crippen LogP contribution < -0.4 is 15.4 Å². The fourth-order valence-electron chi connectivity index (χ4n) is 2.80. The molecule has 1 aliphatic carbocycles. The molecule has 3 rings (SSSR count). The lowest BCUT2D eigenvalue weighted by atomic mass is 10.1. The second-order valence-corrected chi connectivity index (χ2v) is 7.16. The van der Waals surface area contributed by atoms with Gasteiger partial charge >= 0.3 is 0 Å². The number of hydrogen-bond acceptors (Lipinski definition) is 4. The van der Waals surface area contributed by atoms with E-state index >= 15 is 0 Å². The van der Waals surface area contributed by atoms with Crippen LogP contribution in [0.15, 0.2) is 47.5 Å². The Bertz CT molecular complexity index is 888. The molecule has 0 spiro atoms. The monoisotopic (exact) mass is 528 g/mol. The lowest BCUT2D eigenvalue weighted by Gasteiger charge is -2.19. The van der Waals surface area contributed by atoms with E-state index < -0.39 is 4.92 Å². The maximum atomic E-state index is 14.3. The van der Waals surface area contributed by atoms with E-state index in [4.69, 9.17) is 4.74 Å². The minimum atomic E-state index is -0.430. The molecule has 7 nitrogen and oxygen atoms in total. The summed E-state index contributed by atoms with van der Waals surface area (Å²) >= 11 is 0. The van der Waals surface area contributed by atoms with Gasteiger partial charge in [0.05, 0.1) is 17.6 Å². The van der Waals surface area contributed by atoms with Crippen molar-refractivity contribution < 1.29 is 14.1 Å². The Balaban J connectivity index is 0.00000320. The summed E-state index contributed by atoms with van der Waals surface area (Å²) < 4.78 is 19.8. The van der Waals surface area contributed by atoms with Crippen LogP contribution in [0.3, 0.4) is 0 Å². The standard InChI is InChI=1S/C21H25FN4O3.HI/c1-14(17-7-10-20(19(22)11-17)29-13-16-3-4-16)25-21(23-2)24-12-15-5-8-18(9-6-15)26(27)28;/h5-11,14,16H,3-4,12-13H2,1-2H3,(H2,23,24,25);1H. The maximum absolute atomic E-state index is 14.3. The van der Waals surface area contributed by atoms with Crippen LogP contribution in [0.4, 0.5) is 10.1 Å². The molecule has 1 atom stereocenters. The van der Waals surface area contributed by atoms with Crippen molar-refractivity contribution in [3.05, 3.63) is 69.5 Å². The molecule has 1 saturated carbocycles. The van der Waals surface area contributed by atoms with Gasteiger partial charge in [0.15, 0.2) is 17.5 Å². The SMILES string of the molecule is CN=C(NCc1ccc([N+](=O)[O-])cc1)NC(C)c1ccc(OCC2CC2)c(F)c1.I. The van der Waals surface area contributed by atoms with Crippen molar-refractivity contribution in [1.29, 1.82) is 0 Å². The molecule has 2 N–H and O–H groups in total. The van der Waals surface area contributed by atoms with Crippen LogP contribution in [0.1, 0.15) is 36.9 Å². The summed E-state index contributed by atoms with van der Waals surface area (Å²) in [7, 11) is 1.65. The highest BCUT2D eigenvalue weighted by Crippen LogP contribution is 2.30. The van der Waals surface area contributed by atoms with Gasteiger partial charge in [-0.05, 0) is 48.9 Å². The fraction of sp³-hybridized carbons (Fsp3) is 0.381. The fourth-order valence-corrected chi connectivity index (χ4v) is 2.80. The first-order valence-corrected chi connectivity index (χ1v) is 9.59. The average molecular weight is 528 g/mol. The van der Waals surface area contributed by atoms with Gasteiger partial charge < -0.3 is 15.4 Å². The van der Waals surface area contributed by atoms with Gasteiger partial charge in [0.25, 0.3) is 5.69 Å². The van der Waals surface area contributed by atoms with E-state index in [0.717, 1.165) is 24.0 Å². The Kier molecular flexibility index (Phi) is 8.82. The molecule has 0 heterocycles. The molecule has 1 aliphatic rings. The Morgan fingerprint density at radius 2 is 2.00 bits per heavy atom. The van der Waals surface area contributed by atoms with Crippen LogP contribution in [0, 0.1) is 21.8 Å². The smallest absolute Gasteiger partial charge is 0.269 e. The van der Waals surface area contributed by atoms with Crippen LogP contribution in [0.2, 0.25) is 0 Å². The lowest BCUT2D eigenvalue weighted by molar-refractivity contribution is -0.384. The van der Waals surface area contributed by atoms with Gasteiger partial charge in [-0.25, -0.2) is 4.39 Å². The topological polar surface area (TPSA) is 88.8 Å². The van der Waals surface area contributed by atoms with Gasteiger partial charge in [0.1, 0.15) is 0 Å². The highest BCUT2D eigenvalue weighted by Gasteiger charge is 2.22. The molecule has 162 valence electrons. The number of non-ortho nitro benzene ring substituents is 1. The summed E-state index contributed by atoms with van der Waals surface area (Å²) in [5.41, 5.74) is 1.71. The van der Waals surface area contributed by atoms with E-state index in [9.17, 15) is 14.5 Å². The van der Waals surface area contributed by atoms with Gasteiger partial charge in [0, 0.05) is 25.7 Å². The Hall–Kier alpha value is -2.43. The summed E-state index contributed by atoms with van der Waals surface area (Å²) in [6, 6.07) is 11.1. The number of rotatable bonds is 8. The number of halogens is 2. The lowest BCUT2D eigenvalue weighted by Crippen LogP contribution is -2.38. The number of nitrogens with zero attached hydrogens (tertiary/aromatic N) is 2. The van der Waals surface area contributed by atoms with E-state index in [0.29, 0.717) is 25.0 Å². The van der Waals surface area contributed by atoms with E-state index in [1.807, 2.05) is 13.0 Å². The third kappa shape index (κ3) is 6.82. The molecule has 2 aromatic rings. The van der Waals surface area contributed by atoms with E-state index in [1.54, 1.807) is 25.2 Å². The van der Waals surface area contributed by atoms with E-state index in [1.165, 1.54) is 18.2 Å². The third-order valence-electron chi connectivity index (χ3n) is 4.81. The largest absolute Gasteiger partial charge is 0.490 e. The summed E-state index contributed by atoms with van der Waals surface area (Å²) in [6.07, 6.45) is 2.32. The highest BCUT2D eigenvalue weighted by atomic mass is 127. The van der Waals surface area contributed by atoms with Crippen LogP contribution in [-0.4, -0.2) is 24.5 Å². The number of nitrogens with one attached hydrogen (secondary N) is 2. The highest BCUT2D eigenvalue weighted by molar-refractivity contribution is 14.0. The molecule has 30 heavy (non-hydrogen) atoms. The number of guanidine groups is 1. The molecule has 9 heteroatoms. The normalized spacial score (nSPS) is 14.4. The van der Waals surface area contributed by atoms with Crippen molar-refractivity contribution in [3.63, 3.8) is 0 Å². The summed E-state index contributed by atoms with van der Waals surface area (Å²) in [6.45, 7) is 2.94. The van der Waals surface area contributed by atoms with Crippen LogP contribution in [-0.2, 0) is 6.54 Å². The summed E-state index contributed by atoms with van der Waals surface area (Å²) in [5.74, 6) is 1.03. The summed E-state index contributed by atoms with van der Waals surface area (Å²) in [5, 5.41) is 17.1. The molecule has 1 unspecified atom stereocenters. The maximum Gasteiger partial charge on any atom is 0.269 e. The second kappa shape index (κ2) is 11.1. The number of aliphatic imine (C=N–C) groups is 1. The first-order chi connectivity index (χ1) is 14.0. The number of nitro benzene ring substituents is 1. The molecule has 0 saturated heterocycles. The molecular weight excluding hydrogens is 502 g/mol. The van der Waals surface area contributed by atoms with Crippen molar-refractivity contribution in [2.75, 3.05) is 13.7 Å². The van der Waals surface area contributed by atoms with Gasteiger partial charge in [-0.15, -0.1) is 24.0 Å². The third-order valence-corrected chi connectivity index (χ3v) is 4.81. The first-order valence-electron chi connectivity index (χ1n) is 9.59. The molecule has 0 aliphatic heterocycles. The zero-order valence-electron chi connectivity index (χ0n) is 16.9. The quantitative estimate of drug-likeness (QED) is 0.172. The van der Waals surface area contributed by atoms with Gasteiger partial charge in [-0.3, -0.25) is 15.1 Å². The van der Waals surface area contributed by atoms with Crippen molar-refractivity contribution in [2.45, 2.75) is 32.4 Å². The van der Waals surface area contributed by atoms with Crippen molar-refractivity contribution in [1.82, 2.24) is 10.6 Å². The van der Waals surface area contributed by atoms with Crippen LogP contribution >= 0.6 is 24.0 Å². The predicted molar refractivity (Wildman–Crippen MR) is 125 cm³/mol. The predicted octanol–water partition coefficient (Wildman–Crippen LogP) is 4.57. The van der Waals surface area contributed by atoms with Gasteiger partial charge in [-0.2, -0.15) is 0 Å². The second-order valence-electron chi connectivity index (χ2n) is 7.16. The van der Waals surface area contributed by atoms with Gasteiger partial charge in [0.2, 0.25) is 0 Å². The number of hydrogen-bond donors (Lipinski definition) is 2. The first kappa shape index (κ1) is 23.8. The zero-order chi connectivity index (χ0) is 20.8. The number of benzene rings is 2. The Morgan fingerprint density at radius 3 is 2.57 bits per heavy atom. The number of ether oxygens (including phenoxy) is 1. The average Bonchev–Trinajstić information content (AvgIpc) is 3.54. The summed E-state index contributed by atoms with van der Waals surface area (Å²) in [4.78, 5) is 14.5. The zero-order valence-corrected chi connectivity index (χ0v) is 19.3. The Morgan fingerprint density at radius 1 is 1.30 bits per heavy atom. The van der Waals surface area contributed by atoms with Crippen LogP contribution in [0.25, 0.3) is 0 Å². The molecular formula is C21H26FIN4O3. The molecule has 0 aromatic heterocycles. The van der Waals surface area contributed by atoms with E-state index in [2.05, 4.69) is 15.6 Å². The Labute approximate surface area is 192 Å². The molecule has 2 aromatic carbocycles. The minimum Gasteiger partial charge on any atom is -0.490 e.